The van der Waals surface area contributed by atoms with Gasteiger partial charge in [-0.1, -0.05) is 5.16 Å². The van der Waals surface area contributed by atoms with Crippen LogP contribution in [0.15, 0.2) is 29.0 Å². The van der Waals surface area contributed by atoms with Crippen LogP contribution in [0.5, 0.6) is 0 Å². The van der Waals surface area contributed by atoms with Crippen molar-refractivity contribution in [2.45, 2.75) is 18.9 Å². The average molecular weight is 379 g/mol. The number of carbonyl (C=O) groups excluding carboxylic acids is 1. The maximum atomic E-state index is 12.0. The zero-order valence-electron chi connectivity index (χ0n) is 14.5. The molecule has 1 saturated heterocycles. The van der Waals surface area contributed by atoms with Crippen molar-refractivity contribution in [2.75, 3.05) is 31.6 Å². The van der Waals surface area contributed by atoms with Crippen molar-refractivity contribution in [1.82, 2.24) is 25.3 Å². The molecule has 0 saturated carbocycles. The van der Waals surface area contributed by atoms with E-state index < -0.39 is 9.84 Å². The van der Waals surface area contributed by atoms with Gasteiger partial charge in [-0.25, -0.2) is 8.42 Å². The lowest BCUT2D eigenvalue weighted by molar-refractivity contribution is -0.122. The molecule has 1 N–H and O–H groups in total. The fraction of sp³-hybridized carbons (Fsp3) is 0.500. The van der Waals surface area contributed by atoms with Crippen molar-refractivity contribution in [1.29, 1.82) is 0 Å². The third-order valence-electron chi connectivity index (χ3n) is 4.27. The van der Waals surface area contributed by atoms with Crippen LogP contribution in [-0.2, 0) is 21.1 Å². The molecule has 0 bridgehead atoms. The number of nitrogens with one attached hydrogen (secondary N) is 1. The summed E-state index contributed by atoms with van der Waals surface area (Å²) in [4.78, 5) is 22.1. The van der Waals surface area contributed by atoms with Gasteiger partial charge in [-0.05, 0) is 25.6 Å². The van der Waals surface area contributed by atoms with E-state index in [1.807, 2.05) is 6.07 Å². The number of hydrogen-bond donors (Lipinski definition) is 1. The molecule has 9 nitrogen and oxygen atoms in total. The van der Waals surface area contributed by atoms with Gasteiger partial charge in [0, 0.05) is 37.0 Å². The van der Waals surface area contributed by atoms with Crippen molar-refractivity contribution in [2.24, 2.45) is 0 Å². The molecular formula is C16H21N5O4S. The van der Waals surface area contributed by atoms with Gasteiger partial charge in [0.15, 0.2) is 9.84 Å². The summed E-state index contributed by atoms with van der Waals surface area (Å²) in [6.45, 7) is 0.523. The number of pyridine rings is 1. The normalized spacial score (nSPS) is 18.9. The fourth-order valence-electron chi connectivity index (χ4n) is 2.81. The molecule has 10 heteroatoms. The summed E-state index contributed by atoms with van der Waals surface area (Å²) in [5, 5.41) is 6.68. The molecular weight excluding hydrogens is 358 g/mol. The topological polar surface area (TPSA) is 118 Å². The highest BCUT2D eigenvalue weighted by Gasteiger charge is 2.31. The molecule has 140 valence electrons. The molecule has 0 aliphatic carbocycles. The van der Waals surface area contributed by atoms with Gasteiger partial charge in [0.2, 0.25) is 17.6 Å². The summed E-state index contributed by atoms with van der Waals surface area (Å²) in [5.74, 6) is 1.04. The molecule has 0 aromatic carbocycles. The van der Waals surface area contributed by atoms with Crippen LogP contribution < -0.4 is 5.32 Å². The van der Waals surface area contributed by atoms with Gasteiger partial charge in [-0.3, -0.25) is 14.7 Å². The smallest absolute Gasteiger partial charge is 0.234 e. The van der Waals surface area contributed by atoms with Crippen molar-refractivity contribution in [3.05, 3.63) is 30.4 Å². The Morgan fingerprint density at radius 1 is 1.46 bits per heavy atom. The van der Waals surface area contributed by atoms with E-state index in [0.29, 0.717) is 31.1 Å². The average Bonchev–Trinajstić information content (AvgIpc) is 3.22. The first kappa shape index (κ1) is 18.5. The van der Waals surface area contributed by atoms with E-state index in [1.165, 1.54) is 0 Å². The Balaban J connectivity index is 1.42. The fourth-order valence-corrected chi connectivity index (χ4v) is 4.62. The molecule has 2 aromatic rings. The predicted octanol–water partition coefficient (Wildman–Crippen LogP) is -0.0908. The van der Waals surface area contributed by atoms with E-state index in [1.54, 1.807) is 30.4 Å². The van der Waals surface area contributed by atoms with Crippen molar-refractivity contribution >= 4 is 15.7 Å². The number of nitrogens with zero attached hydrogens (tertiary/aromatic N) is 4. The molecule has 0 spiro atoms. The molecule has 1 aliphatic heterocycles. The molecule has 2 aromatic heterocycles. The van der Waals surface area contributed by atoms with Crippen LogP contribution in [0.25, 0.3) is 11.4 Å². The van der Waals surface area contributed by atoms with Crippen molar-refractivity contribution in [3.8, 4) is 11.4 Å². The van der Waals surface area contributed by atoms with Crippen LogP contribution in [0.1, 0.15) is 12.3 Å². The van der Waals surface area contributed by atoms with E-state index >= 15 is 0 Å². The Labute approximate surface area is 151 Å². The first-order valence-corrected chi connectivity index (χ1v) is 10.2. The van der Waals surface area contributed by atoms with Gasteiger partial charge in [0.1, 0.15) is 0 Å². The van der Waals surface area contributed by atoms with E-state index in [9.17, 15) is 13.2 Å². The second-order valence-electron chi connectivity index (χ2n) is 6.33. The second-order valence-corrected chi connectivity index (χ2v) is 8.55. The van der Waals surface area contributed by atoms with Crippen LogP contribution in [0, 0.1) is 0 Å². The molecule has 1 atom stereocenters. The van der Waals surface area contributed by atoms with Gasteiger partial charge in [0.05, 0.1) is 18.1 Å². The van der Waals surface area contributed by atoms with Crippen molar-refractivity contribution in [3.63, 3.8) is 0 Å². The molecule has 26 heavy (non-hydrogen) atoms. The maximum absolute atomic E-state index is 12.0. The lowest BCUT2D eigenvalue weighted by Crippen LogP contribution is -2.41. The Hall–Kier alpha value is -2.33. The zero-order valence-corrected chi connectivity index (χ0v) is 15.3. The summed E-state index contributed by atoms with van der Waals surface area (Å²) < 4.78 is 28.2. The zero-order chi connectivity index (χ0) is 18.6. The van der Waals surface area contributed by atoms with Crippen molar-refractivity contribution < 1.29 is 17.7 Å². The first-order chi connectivity index (χ1) is 12.4. The molecule has 3 heterocycles. The van der Waals surface area contributed by atoms with Crippen LogP contribution in [0.4, 0.5) is 0 Å². The van der Waals surface area contributed by atoms with Gasteiger partial charge >= 0.3 is 0 Å². The Bertz CT molecular complexity index is 853. The highest BCUT2D eigenvalue weighted by Crippen LogP contribution is 2.16. The highest BCUT2D eigenvalue weighted by atomic mass is 32.2. The minimum Gasteiger partial charge on any atom is -0.354 e. The van der Waals surface area contributed by atoms with E-state index in [4.69, 9.17) is 4.52 Å². The van der Waals surface area contributed by atoms with E-state index in [2.05, 4.69) is 20.4 Å². The van der Waals surface area contributed by atoms with Gasteiger partial charge in [-0.2, -0.15) is 4.98 Å². The molecule has 0 radical (unpaired) electrons. The monoisotopic (exact) mass is 379 g/mol. The molecule has 0 unspecified atom stereocenters. The SMILES string of the molecule is CN(CC(=O)NCCc1nc(-c2cccnc2)no1)[C@@H]1CCS(=O)(=O)C1. The number of amides is 1. The second kappa shape index (κ2) is 7.92. The van der Waals surface area contributed by atoms with Crippen LogP contribution >= 0.6 is 0 Å². The largest absolute Gasteiger partial charge is 0.354 e. The van der Waals surface area contributed by atoms with Gasteiger partial charge in [0.25, 0.3) is 0 Å². The maximum Gasteiger partial charge on any atom is 0.234 e. The lowest BCUT2D eigenvalue weighted by Gasteiger charge is -2.22. The van der Waals surface area contributed by atoms with Crippen LogP contribution in [0.2, 0.25) is 0 Å². The van der Waals surface area contributed by atoms with Gasteiger partial charge in [-0.15, -0.1) is 0 Å². The summed E-state index contributed by atoms with van der Waals surface area (Å²) in [5.41, 5.74) is 0.764. The summed E-state index contributed by atoms with van der Waals surface area (Å²) in [7, 11) is -1.19. The molecule has 1 aliphatic rings. The molecule has 1 fully saturated rings. The predicted molar refractivity (Wildman–Crippen MR) is 93.9 cm³/mol. The quantitative estimate of drug-likeness (QED) is 0.709. The van der Waals surface area contributed by atoms with E-state index in [-0.39, 0.29) is 30.0 Å². The van der Waals surface area contributed by atoms with E-state index in [0.717, 1.165) is 5.56 Å². The number of carbonyl (C=O) groups is 1. The minimum atomic E-state index is -2.96. The molecule has 1 amide bonds. The third kappa shape index (κ3) is 4.85. The first-order valence-electron chi connectivity index (χ1n) is 8.33. The summed E-state index contributed by atoms with van der Waals surface area (Å²) >= 11 is 0. The number of aromatic nitrogens is 3. The molecule has 3 rings (SSSR count). The lowest BCUT2D eigenvalue weighted by atomic mass is 10.2. The minimum absolute atomic E-state index is 0.0938. The Morgan fingerprint density at radius 3 is 3.00 bits per heavy atom. The summed E-state index contributed by atoms with van der Waals surface area (Å²) in [6, 6.07) is 3.53. The summed E-state index contributed by atoms with van der Waals surface area (Å²) in [6.07, 6.45) is 4.30. The number of sulfone groups is 1. The van der Waals surface area contributed by atoms with Gasteiger partial charge < -0.3 is 9.84 Å². The van der Waals surface area contributed by atoms with Crippen LogP contribution in [-0.4, -0.2) is 72.0 Å². The standard InChI is InChI=1S/C16H21N5O4S/c1-21(13-5-8-26(23,24)11-13)10-14(22)18-7-4-15-19-16(20-25-15)12-3-2-6-17-9-12/h2-3,6,9,13H,4-5,7-8,10-11H2,1H3,(H,18,22)/t13-/m1/s1. The van der Waals surface area contributed by atoms with Crippen LogP contribution in [0.3, 0.4) is 0 Å². The number of rotatable bonds is 7. The Morgan fingerprint density at radius 2 is 2.31 bits per heavy atom. The highest BCUT2D eigenvalue weighted by molar-refractivity contribution is 7.91. The third-order valence-corrected chi connectivity index (χ3v) is 6.02. The number of hydrogen-bond acceptors (Lipinski definition) is 8. The number of likely N-dealkylation sites (N-methyl/N-ethyl adjacent to an activating group) is 1. The Kier molecular flexibility index (Phi) is 5.62.